The minimum atomic E-state index is -1.15. The van der Waals surface area contributed by atoms with E-state index in [0.29, 0.717) is 5.82 Å². The first-order valence-corrected chi connectivity index (χ1v) is 4.44. The molecule has 0 saturated carbocycles. The molecule has 1 aliphatic rings. The standard InChI is InChI=1S/C9H9N3O3/c13-8-4-6-11(9(14)15)12(8)7-3-1-2-5-10-7/h1-3,5H,4,6H2,(H,14,15). The van der Waals surface area contributed by atoms with E-state index in [0.717, 1.165) is 10.0 Å². The zero-order valence-corrected chi connectivity index (χ0v) is 7.83. The fraction of sp³-hybridized carbons (Fsp3) is 0.222. The summed E-state index contributed by atoms with van der Waals surface area (Å²) in [5, 5.41) is 10.9. The number of anilines is 1. The molecule has 1 saturated heterocycles. The lowest BCUT2D eigenvalue weighted by Gasteiger charge is -2.23. The van der Waals surface area contributed by atoms with Gasteiger partial charge in [0.25, 0.3) is 0 Å². The Hall–Kier alpha value is -2.11. The van der Waals surface area contributed by atoms with Crippen LogP contribution in [0, 0.1) is 0 Å². The summed E-state index contributed by atoms with van der Waals surface area (Å²) >= 11 is 0. The van der Waals surface area contributed by atoms with Crippen molar-refractivity contribution in [1.82, 2.24) is 9.99 Å². The zero-order chi connectivity index (χ0) is 10.8. The van der Waals surface area contributed by atoms with E-state index in [-0.39, 0.29) is 18.9 Å². The second-order valence-corrected chi connectivity index (χ2v) is 3.05. The van der Waals surface area contributed by atoms with Crippen molar-refractivity contribution in [3.8, 4) is 0 Å². The van der Waals surface area contributed by atoms with Gasteiger partial charge in [0.15, 0.2) is 5.82 Å². The molecular formula is C9H9N3O3. The van der Waals surface area contributed by atoms with Gasteiger partial charge in [0, 0.05) is 12.6 Å². The Morgan fingerprint density at radius 2 is 2.27 bits per heavy atom. The lowest BCUT2D eigenvalue weighted by Crippen LogP contribution is -2.42. The summed E-state index contributed by atoms with van der Waals surface area (Å²) in [6.45, 7) is 0.185. The summed E-state index contributed by atoms with van der Waals surface area (Å²) < 4.78 is 0. The van der Waals surface area contributed by atoms with Gasteiger partial charge in [-0.05, 0) is 12.1 Å². The van der Waals surface area contributed by atoms with Crippen molar-refractivity contribution in [3.63, 3.8) is 0 Å². The van der Waals surface area contributed by atoms with E-state index >= 15 is 0 Å². The van der Waals surface area contributed by atoms with E-state index in [1.807, 2.05) is 0 Å². The maximum Gasteiger partial charge on any atom is 0.426 e. The number of aromatic nitrogens is 1. The van der Waals surface area contributed by atoms with Gasteiger partial charge >= 0.3 is 6.09 Å². The van der Waals surface area contributed by atoms with E-state index in [9.17, 15) is 9.59 Å². The number of carboxylic acid groups (broad SMARTS) is 1. The van der Waals surface area contributed by atoms with Crippen LogP contribution in [-0.2, 0) is 4.79 Å². The number of hydrazine groups is 1. The number of nitrogens with zero attached hydrogens (tertiary/aromatic N) is 3. The summed E-state index contributed by atoms with van der Waals surface area (Å²) in [6, 6.07) is 5.00. The van der Waals surface area contributed by atoms with Crippen LogP contribution in [0.1, 0.15) is 6.42 Å². The van der Waals surface area contributed by atoms with E-state index in [4.69, 9.17) is 5.11 Å². The van der Waals surface area contributed by atoms with Gasteiger partial charge in [0.2, 0.25) is 5.91 Å². The fourth-order valence-corrected chi connectivity index (χ4v) is 1.45. The first kappa shape index (κ1) is 9.45. The molecule has 0 aliphatic carbocycles. The Morgan fingerprint density at radius 3 is 2.87 bits per heavy atom. The smallest absolute Gasteiger partial charge is 0.426 e. The molecule has 1 aromatic rings. The molecule has 0 unspecified atom stereocenters. The molecular weight excluding hydrogens is 198 g/mol. The van der Waals surface area contributed by atoms with Crippen molar-refractivity contribution in [2.45, 2.75) is 6.42 Å². The highest BCUT2D eigenvalue weighted by Gasteiger charge is 2.34. The molecule has 1 N–H and O–H groups in total. The van der Waals surface area contributed by atoms with Crippen LogP contribution in [0.4, 0.5) is 10.6 Å². The zero-order valence-electron chi connectivity index (χ0n) is 7.83. The summed E-state index contributed by atoms with van der Waals surface area (Å²) in [7, 11) is 0. The minimum absolute atomic E-state index is 0.185. The van der Waals surface area contributed by atoms with Crippen LogP contribution >= 0.6 is 0 Å². The normalized spacial score (nSPS) is 15.9. The van der Waals surface area contributed by atoms with Crippen LogP contribution in [-0.4, -0.2) is 33.6 Å². The summed E-state index contributed by atoms with van der Waals surface area (Å²) in [4.78, 5) is 26.2. The lowest BCUT2D eigenvalue weighted by molar-refractivity contribution is -0.117. The number of amides is 2. The average molecular weight is 207 g/mol. The Morgan fingerprint density at radius 1 is 1.47 bits per heavy atom. The highest BCUT2D eigenvalue weighted by Crippen LogP contribution is 2.19. The van der Waals surface area contributed by atoms with Gasteiger partial charge in [-0.25, -0.2) is 14.8 Å². The minimum Gasteiger partial charge on any atom is -0.464 e. The number of carbonyl (C=O) groups excluding carboxylic acids is 1. The van der Waals surface area contributed by atoms with Crippen LogP contribution in [0.3, 0.4) is 0 Å². The van der Waals surface area contributed by atoms with Gasteiger partial charge in [-0.3, -0.25) is 4.79 Å². The molecule has 78 valence electrons. The van der Waals surface area contributed by atoms with Crippen molar-refractivity contribution in [3.05, 3.63) is 24.4 Å². The van der Waals surface area contributed by atoms with Gasteiger partial charge in [-0.15, -0.1) is 0 Å². The number of carbonyl (C=O) groups is 2. The molecule has 0 spiro atoms. The average Bonchev–Trinajstić information content (AvgIpc) is 2.61. The van der Waals surface area contributed by atoms with Gasteiger partial charge in [0.05, 0.1) is 6.54 Å². The molecule has 6 nitrogen and oxygen atoms in total. The predicted octanol–water partition coefficient (Wildman–Crippen LogP) is 0.713. The van der Waals surface area contributed by atoms with Crippen LogP contribution in [0.5, 0.6) is 0 Å². The second kappa shape index (κ2) is 3.56. The highest BCUT2D eigenvalue weighted by atomic mass is 16.4. The van der Waals surface area contributed by atoms with Gasteiger partial charge in [0.1, 0.15) is 0 Å². The van der Waals surface area contributed by atoms with Gasteiger partial charge in [-0.2, -0.15) is 5.01 Å². The highest BCUT2D eigenvalue weighted by molar-refractivity contribution is 5.96. The molecule has 6 heteroatoms. The third-order valence-electron chi connectivity index (χ3n) is 2.10. The largest absolute Gasteiger partial charge is 0.464 e. The van der Waals surface area contributed by atoms with Gasteiger partial charge < -0.3 is 5.11 Å². The maximum atomic E-state index is 11.5. The van der Waals surface area contributed by atoms with Gasteiger partial charge in [-0.1, -0.05) is 6.07 Å². The summed E-state index contributed by atoms with van der Waals surface area (Å²) in [5.74, 6) is 0.0819. The number of hydrogen-bond donors (Lipinski definition) is 1. The first-order chi connectivity index (χ1) is 7.20. The molecule has 2 rings (SSSR count). The SMILES string of the molecule is O=C(O)N1CCC(=O)N1c1ccccn1. The molecule has 15 heavy (non-hydrogen) atoms. The van der Waals surface area contributed by atoms with Crippen molar-refractivity contribution in [2.75, 3.05) is 11.6 Å². The Balaban J connectivity index is 2.33. The molecule has 1 aromatic heterocycles. The Kier molecular flexibility index (Phi) is 2.24. The van der Waals surface area contributed by atoms with Crippen molar-refractivity contribution < 1.29 is 14.7 Å². The topological polar surface area (TPSA) is 73.7 Å². The number of rotatable bonds is 1. The lowest BCUT2D eigenvalue weighted by atomic mass is 10.4. The van der Waals surface area contributed by atoms with Crippen LogP contribution in [0.2, 0.25) is 0 Å². The third kappa shape index (κ3) is 1.61. The molecule has 0 radical (unpaired) electrons. The predicted molar refractivity (Wildman–Crippen MR) is 51.1 cm³/mol. The molecule has 1 aliphatic heterocycles. The van der Waals surface area contributed by atoms with E-state index in [1.54, 1.807) is 18.2 Å². The fourth-order valence-electron chi connectivity index (χ4n) is 1.45. The molecule has 2 heterocycles. The van der Waals surface area contributed by atoms with Crippen molar-refractivity contribution in [2.24, 2.45) is 0 Å². The van der Waals surface area contributed by atoms with Crippen molar-refractivity contribution >= 4 is 17.8 Å². The summed E-state index contributed by atoms with van der Waals surface area (Å²) in [5.41, 5.74) is 0. The quantitative estimate of drug-likeness (QED) is 0.736. The first-order valence-electron chi connectivity index (χ1n) is 4.44. The molecule has 0 aromatic carbocycles. The molecule has 0 bridgehead atoms. The Labute approximate surface area is 85.7 Å². The monoisotopic (exact) mass is 207 g/mol. The van der Waals surface area contributed by atoms with Crippen LogP contribution in [0.25, 0.3) is 0 Å². The number of pyridine rings is 1. The maximum absolute atomic E-state index is 11.5. The molecule has 2 amide bonds. The molecule has 0 atom stereocenters. The van der Waals surface area contributed by atoms with Crippen LogP contribution < -0.4 is 5.01 Å². The van der Waals surface area contributed by atoms with Crippen LogP contribution in [0.15, 0.2) is 24.4 Å². The van der Waals surface area contributed by atoms with E-state index < -0.39 is 6.09 Å². The third-order valence-corrected chi connectivity index (χ3v) is 2.10. The second-order valence-electron chi connectivity index (χ2n) is 3.05. The van der Waals surface area contributed by atoms with E-state index in [1.165, 1.54) is 6.20 Å². The summed E-state index contributed by atoms with van der Waals surface area (Å²) in [6.07, 6.45) is 0.565. The van der Waals surface area contributed by atoms with E-state index in [2.05, 4.69) is 4.98 Å². The Bertz CT molecular complexity index is 393. The van der Waals surface area contributed by atoms with Crippen molar-refractivity contribution in [1.29, 1.82) is 0 Å². The number of hydrogen-bond acceptors (Lipinski definition) is 3. The molecule has 1 fully saturated rings.